The fraction of sp³-hybridized carbons (Fsp3) is 0.609. The number of rotatable bonds is 7. The number of benzene rings is 1. The van der Waals surface area contributed by atoms with Crippen LogP contribution in [-0.2, 0) is 19.6 Å². The Morgan fingerprint density at radius 2 is 1.91 bits per heavy atom. The molecule has 0 unspecified atom stereocenters. The van der Waals surface area contributed by atoms with Crippen LogP contribution in [0.3, 0.4) is 0 Å². The predicted octanol–water partition coefficient (Wildman–Crippen LogP) is 2.11. The summed E-state index contributed by atoms with van der Waals surface area (Å²) in [4.78, 5) is 31.1. The molecule has 3 N–H and O–H groups in total. The fourth-order valence-corrected chi connectivity index (χ4v) is 5.21. The van der Waals surface area contributed by atoms with Crippen LogP contribution in [0.2, 0.25) is 0 Å². The molecule has 0 spiro atoms. The molecule has 0 aromatic heterocycles. The molecule has 2 aliphatic heterocycles. The maximum Gasteiger partial charge on any atom is 0.262 e. The highest BCUT2D eigenvalue weighted by Crippen LogP contribution is 2.19. The Kier molecular flexibility index (Phi) is 8.85. The van der Waals surface area contributed by atoms with Crippen LogP contribution >= 0.6 is 0 Å². The third-order valence-corrected chi connectivity index (χ3v) is 7.19. The van der Waals surface area contributed by atoms with Gasteiger partial charge in [-0.2, -0.15) is 0 Å². The predicted molar refractivity (Wildman–Crippen MR) is 129 cm³/mol. The SMILES string of the molecule is CC(C)NC(=O)C1CCN(CC(=O)Nc2cccc(S(=O)(=O)NC3=NCCCCC3)c2)CC1. The Bertz CT molecular complexity index is 969. The lowest BCUT2D eigenvalue weighted by atomic mass is 9.95. The number of carbonyl (C=O) groups is 2. The summed E-state index contributed by atoms with van der Waals surface area (Å²) < 4.78 is 28.1. The van der Waals surface area contributed by atoms with E-state index in [0.717, 1.165) is 32.1 Å². The van der Waals surface area contributed by atoms with Crippen molar-refractivity contribution in [3.05, 3.63) is 24.3 Å². The molecule has 1 saturated heterocycles. The van der Waals surface area contributed by atoms with E-state index >= 15 is 0 Å². The molecule has 0 aliphatic carbocycles. The maximum atomic E-state index is 12.8. The van der Waals surface area contributed by atoms with Crippen molar-refractivity contribution in [2.45, 2.75) is 63.3 Å². The molecule has 2 heterocycles. The summed E-state index contributed by atoms with van der Waals surface area (Å²) in [6, 6.07) is 6.36. The molecular formula is C23H35N5O4S. The zero-order chi connectivity index (χ0) is 23.8. The van der Waals surface area contributed by atoms with Gasteiger partial charge in [-0.05, 0) is 70.8 Å². The van der Waals surface area contributed by atoms with Crippen LogP contribution in [-0.4, -0.2) is 63.2 Å². The van der Waals surface area contributed by atoms with Crippen molar-refractivity contribution in [3.8, 4) is 0 Å². The van der Waals surface area contributed by atoms with Gasteiger partial charge in [-0.3, -0.25) is 24.2 Å². The van der Waals surface area contributed by atoms with Crippen molar-refractivity contribution in [2.75, 3.05) is 31.5 Å². The maximum absolute atomic E-state index is 12.8. The van der Waals surface area contributed by atoms with Crippen molar-refractivity contribution in [1.82, 2.24) is 14.9 Å². The second-order valence-electron chi connectivity index (χ2n) is 9.03. The smallest absolute Gasteiger partial charge is 0.262 e. The van der Waals surface area contributed by atoms with E-state index < -0.39 is 10.0 Å². The molecule has 9 nitrogen and oxygen atoms in total. The molecule has 0 saturated carbocycles. The van der Waals surface area contributed by atoms with Crippen LogP contribution in [0.4, 0.5) is 5.69 Å². The quantitative estimate of drug-likeness (QED) is 0.556. The van der Waals surface area contributed by atoms with Gasteiger partial charge in [0, 0.05) is 30.6 Å². The average molecular weight is 478 g/mol. The third kappa shape index (κ3) is 7.82. The molecule has 182 valence electrons. The number of piperidine rings is 1. The minimum atomic E-state index is -3.77. The molecule has 2 amide bonds. The Labute approximate surface area is 196 Å². The van der Waals surface area contributed by atoms with Gasteiger partial charge >= 0.3 is 0 Å². The monoisotopic (exact) mass is 477 g/mol. The van der Waals surface area contributed by atoms with Crippen LogP contribution in [0.25, 0.3) is 0 Å². The summed E-state index contributed by atoms with van der Waals surface area (Å²) in [5.41, 5.74) is 0.428. The lowest BCUT2D eigenvalue weighted by Gasteiger charge is -2.31. The van der Waals surface area contributed by atoms with Gasteiger partial charge in [-0.25, -0.2) is 8.42 Å². The molecule has 2 aliphatic rings. The summed E-state index contributed by atoms with van der Waals surface area (Å²) in [6.07, 6.45) is 4.97. The number of hydrogen-bond donors (Lipinski definition) is 3. The molecular weight excluding hydrogens is 442 g/mol. The minimum absolute atomic E-state index is 0.0147. The van der Waals surface area contributed by atoms with E-state index in [-0.39, 0.29) is 35.2 Å². The summed E-state index contributed by atoms with van der Waals surface area (Å²) in [5, 5.41) is 5.74. The third-order valence-electron chi connectivity index (χ3n) is 5.81. The topological polar surface area (TPSA) is 120 Å². The van der Waals surface area contributed by atoms with Gasteiger partial charge in [0.15, 0.2) is 0 Å². The van der Waals surface area contributed by atoms with E-state index in [0.29, 0.717) is 37.6 Å². The van der Waals surface area contributed by atoms with Crippen LogP contribution in [0, 0.1) is 5.92 Å². The Morgan fingerprint density at radius 3 is 2.64 bits per heavy atom. The van der Waals surface area contributed by atoms with Gasteiger partial charge in [-0.15, -0.1) is 0 Å². The Morgan fingerprint density at radius 1 is 1.15 bits per heavy atom. The van der Waals surface area contributed by atoms with Gasteiger partial charge in [0.05, 0.1) is 11.4 Å². The number of hydrogen-bond acceptors (Lipinski definition) is 6. The zero-order valence-electron chi connectivity index (χ0n) is 19.5. The lowest BCUT2D eigenvalue weighted by Crippen LogP contribution is -2.44. The molecule has 3 rings (SSSR count). The van der Waals surface area contributed by atoms with Crippen LogP contribution in [0.5, 0.6) is 0 Å². The molecule has 33 heavy (non-hydrogen) atoms. The largest absolute Gasteiger partial charge is 0.354 e. The first-order chi connectivity index (χ1) is 15.7. The van der Waals surface area contributed by atoms with Gasteiger partial charge in [0.1, 0.15) is 5.84 Å². The molecule has 1 aromatic carbocycles. The number of nitrogens with zero attached hydrogens (tertiary/aromatic N) is 2. The van der Waals surface area contributed by atoms with E-state index in [2.05, 4.69) is 20.3 Å². The Balaban J connectivity index is 1.52. The van der Waals surface area contributed by atoms with Crippen LogP contribution in [0.1, 0.15) is 52.4 Å². The van der Waals surface area contributed by atoms with E-state index in [1.54, 1.807) is 12.1 Å². The normalized spacial score (nSPS) is 18.3. The minimum Gasteiger partial charge on any atom is -0.354 e. The number of amides is 2. The molecule has 0 radical (unpaired) electrons. The number of nitrogens with one attached hydrogen (secondary N) is 3. The highest BCUT2D eigenvalue weighted by atomic mass is 32.2. The first-order valence-electron chi connectivity index (χ1n) is 11.7. The molecule has 0 atom stereocenters. The number of sulfonamides is 1. The van der Waals surface area contributed by atoms with E-state index in [9.17, 15) is 18.0 Å². The second-order valence-corrected chi connectivity index (χ2v) is 10.7. The highest BCUT2D eigenvalue weighted by molar-refractivity contribution is 7.90. The van der Waals surface area contributed by atoms with Crippen molar-refractivity contribution in [1.29, 1.82) is 0 Å². The van der Waals surface area contributed by atoms with Gasteiger partial charge < -0.3 is 10.6 Å². The number of likely N-dealkylation sites (tertiary alicyclic amines) is 1. The molecule has 0 bridgehead atoms. The zero-order valence-corrected chi connectivity index (χ0v) is 20.3. The van der Waals surface area contributed by atoms with E-state index in [1.807, 2.05) is 18.7 Å². The van der Waals surface area contributed by atoms with Gasteiger partial charge in [0.2, 0.25) is 11.8 Å². The van der Waals surface area contributed by atoms with Crippen LogP contribution in [0.15, 0.2) is 34.2 Å². The summed E-state index contributed by atoms with van der Waals surface area (Å²) >= 11 is 0. The van der Waals surface area contributed by atoms with Crippen LogP contribution < -0.4 is 15.4 Å². The van der Waals surface area contributed by atoms with Crippen molar-refractivity contribution in [3.63, 3.8) is 0 Å². The Hall–Kier alpha value is -2.46. The number of amidine groups is 1. The van der Waals surface area contributed by atoms with E-state index in [1.165, 1.54) is 12.1 Å². The molecule has 1 aromatic rings. The fourth-order valence-electron chi connectivity index (χ4n) is 4.07. The summed E-state index contributed by atoms with van der Waals surface area (Å²) in [6.45, 7) is 6.06. The van der Waals surface area contributed by atoms with Crippen molar-refractivity contribution in [2.24, 2.45) is 10.9 Å². The summed E-state index contributed by atoms with van der Waals surface area (Å²) in [5.74, 6) is 0.345. The van der Waals surface area contributed by atoms with Crippen molar-refractivity contribution < 1.29 is 18.0 Å². The second kappa shape index (κ2) is 11.6. The number of aliphatic imine (C=N–C) groups is 1. The standard InChI is InChI=1S/C23H35N5O4S/c1-17(2)25-23(30)18-10-13-28(14-11-18)16-22(29)26-19-7-6-8-20(15-19)33(31,32)27-21-9-4-3-5-12-24-21/h6-8,15,17-18H,3-5,9-14,16H2,1-2H3,(H,24,27)(H,25,30)(H,26,29). The van der Waals surface area contributed by atoms with Crippen molar-refractivity contribution >= 4 is 33.4 Å². The first kappa shape index (κ1) is 25.2. The summed E-state index contributed by atoms with van der Waals surface area (Å²) in [7, 11) is -3.77. The molecule has 1 fully saturated rings. The molecule has 10 heteroatoms. The van der Waals surface area contributed by atoms with Gasteiger partial charge in [0.25, 0.3) is 10.0 Å². The highest BCUT2D eigenvalue weighted by Gasteiger charge is 2.26. The van der Waals surface area contributed by atoms with Gasteiger partial charge in [-0.1, -0.05) is 12.5 Å². The number of carbonyl (C=O) groups excluding carboxylic acids is 2. The first-order valence-corrected chi connectivity index (χ1v) is 13.2. The number of anilines is 1. The average Bonchev–Trinajstić information content (AvgIpc) is 3.02. The van der Waals surface area contributed by atoms with E-state index in [4.69, 9.17) is 0 Å². The lowest BCUT2D eigenvalue weighted by molar-refractivity contribution is -0.127.